The molecule has 0 aromatic carbocycles. The van der Waals surface area contributed by atoms with Gasteiger partial charge >= 0.3 is 0 Å². The van der Waals surface area contributed by atoms with Gasteiger partial charge in [0.2, 0.25) is 15.9 Å². The highest BCUT2D eigenvalue weighted by molar-refractivity contribution is 7.88. The first-order valence-corrected chi connectivity index (χ1v) is 8.18. The molecule has 0 saturated carbocycles. The van der Waals surface area contributed by atoms with Gasteiger partial charge < -0.3 is 15.4 Å². The highest BCUT2D eigenvalue weighted by Crippen LogP contribution is 1.97. The molecule has 19 heavy (non-hydrogen) atoms. The van der Waals surface area contributed by atoms with Crippen LogP contribution in [-0.2, 0) is 19.6 Å². The van der Waals surface area contributed by atoms with E-state index in [0.29, 0.717) is 39.2 Å². The monoisotopic (exact) mass is 295 g/mol. The Morgan fingerprint density at radius 3 is 2.53 bits per heavy atom. The molecule has 0 radical (unpaired) electrons. The van der Waals surface area contributed by atoms with E-state index in [0.717, 1.165) is 0 Å². The van der Waals surface area contributed by atoms with E-state index in [-0.39, 0.29) is 12.5 Å². The average molecular weight is 295 g/mol. The van der Waals surface area contributed by atoms with Crippen LogP contribution in [0.3, 0.4) is 0 Å². The summed E-state index contributed by atoms with van der Waals surface area (Å²) in [6.45, 7) is 4.56. The minimum absolute atomic E-state index is 0.0903. The van der Waals surface area contributed by atoms with Crippen LogP contribution in [0.1, 0.15) is 13.3 Å². The summed E-state index contributed by atoms with van der Waals surface area (Å²) in [6.07, 6.45) is 1.87. The van der Waals surface area contributed by atoms with E-state index < -0.39 is 10.0 Å². The van der Waals surface area contributed by atoms with E-state index in [9.17, 15) is 13.2 Å². The maximum absolute atomic E-state index is 11.3. The summed E-state index contributed by atoms with van der Waals surface area (Å²) in [7, 11) is -1.55. The minimum atomic E-state index is -3.12. The zero-order valence-corrected chi connectivity index (χ0v) is 12.8. The predicted octanol–water partition coefficient (Wildman–Crippen LogP) is -0.990. The van der Waals surface area contributed by atoms with Crippen LogP contribution in [0.5, 0.6) is 0 Å². The second kappa shape index (κ2) is 10.1. The highest BCUT2D eigenvalue weighted by Gasteiger charge is 2.12. The Bertz CT molecular complexity index is 346. The van der Waals surface area contributed by atoms with Crippen molar-refractivity contribution in [3.05, 3.63) is 0 Å². The van der Waals surface area contributed by atoms with Gasteiger partial charge in [-0.25, -0.2) is 12.7 Å². The van der Waals surface area contributed by atoms with Crippen molar-refractivity contribution in [1.29, 1.82) is 0 Å². The van der Waals surface area contributed by atoms with Gasteiger partial charge in [-0.1, -0.05) is 6.92 Å². The average Bonchev–Trinajstić information content (AvgIpc) is 2.32. The summed E-state index contributed by atoms with van der Waals surface area (Å²) < 4.78 is 28.8. The van der Waals surface area contributed by atoms with Gasteiger partial charge in [0, 0.05) is 26.7 Å². The Hall–Kier alpha value is -0.700. The maximum atomic E-state index is 11.3. The molecule has 0 aromatic heterocycles. The minimum Gasteiger partial charge on any atom is -0.383 e. The Balaban J connectivity index is 3.62. The van der Waals surface area contributed by atoms with Gasteiger partial charge in [-0.2, -0.15) is 0 Å². The normalized spacial score (nSPS) is 11.8. The Kier molecular flexibility index (Phi) is 9.76. The van der Waals surface area contributed by atoms with Crippen molar-refractivity contribution in [1.82, 2.24) is 14.9 Å². The Morgan fingerprint density at radius 2 is 2.00 bits per heavy atom. The number of methoxy groups -OCH3 is 1. The molecule has 7 nitrogen and oxygen atoms in total. The maximum Gasteiger partial charge on any atom is 0.234 e. The third kappa shape index (κ3) is 9.83. The molecular weight excluding hydrogens is 270 g/mol. The smallest absolute Gasteiger partial charge is 0.234 e. The largest absolute Gasteiger partial charge is 0.383 e. The number of ether oxygens (including phenoxy) is 1. The second-order valence-electron chi connectivity index (χ2n) is 4.13. The quantitative estimate of drug-likeness (QED) is 0.478. The third-order valence-corrected chi connectivity index (χ3v) is 3.88. The molecule has 0 heterocycles. The van der Waals surface area contributed by atoms with Crippen LogP contribution in [0.4, 0.5) is 0 Å². The van der Waals surface area contributed by atoms with Gasteiger partial charge in [0.05, 0.1) is 19.4 Å². The van der Waals surface area contributed by atoms with Gasteiger partial charge in [0.1, 0.15) is 0 Å². The first-order chi connectivity index (χ1) is 8.91. The molecule has 2 N–H and O–H groups in total. The molecule has 114 valence electrons. The molecule has 0 aliphatic heterocycles. The molecule has 0 aliphatic rings. The van der Waals surface area contributed by atoms with Crippen LogP contribution < -0.4 is 10.6 Å². The number of nitrogens with zero attached hydrogens (tertiary/aromatic N) is 1. The van der Waals surface area contributed by atoms with Crippen molar-refractivity contribution in [3.63, 3.8) is 0 Å². The van der Waals surface area contributed by atoms with E-state index in [1.165, 1.54) is 10.6 Å². The molecule has 0 aliphatic carbocycles. The molecular formula is C11H25N3O4S. The van der Waals surface area contributed by atoms with E-state index in [4.69, 9.17) is 4.74 Å². The standard InChI is InChI=1S/C11H25N3O4S/c1-4-14(19(3,16)17)8-5-6-12-10-11(15)13-7-9-18-2/h12H,4-10H2,1-3H3,(H,13,15). The number of carbonyl (C=O) groups excluding carboxylic acids is 1. The lowest BCUT2D eigenvalue weighted by molar-refractivity contribution is -0.120. The third-order valence-electron chi connectivity index (χ3n) is 2.50. The summed E-state index contributed by atoms with van der Waals surface area (Å²) in [4.78, 5) is 11.3. The summed E-state index contributed by atoms with van der Waals surface area (Å²) in [5.41, 5.74) is 0. The van der Waals surface area contributed by atoms with Crippen LogP contribution in [0, 0.1) is 0 Å². The van der Waals surface area contributed by atoms with Crippen LogP contribution in [0.25, 0.3) is 0 Å². The van der Waals surface area contributed by atoms with E-state index in [1.807, 2.05) is 0 Å². The summed E-state index contributed by atoms with van der Waals surface area (Å²) in [5.74, 6) is -0.0903. The number of hydrogen-bond donors (Lipinski definition) is 2. The van der Waals surface area contributed by atoms with Crippen molar-refractivity contribution in [2.24, 2.45) is 0 Å². The lowest BCUT2D eigenvalue weighted by Gasteiger charge is -2.17. The fourth-order valence-electron chi connectivity index (χ4n) is 1.50. The summed E-state index contributed by atoms with van der Waals surface area (Å²) >= 11 is 0. The van der Waals surface area contributed by atoms with Crippen molar-refractivity contribution in [2.45, 2.75) is 13.3 Å². The SMILES string of the molecule is CCN(CCCNCC(=O)NCCOC)S(C)(=O)=O. The second-order valence-corrected chi connectivity index (χ2v) is 6.11. The lowest BCUT2D eigenvalue weighted by Crippen LogP contribution is -2.37. The van der Waals surface area contributed by atoms with E-state index in [2.05, 4.69) is 10.6 Å². The molecule has 1 amide bonds. The van der Waals surface area contributed by atoms with Gasteiger partial charge in [0.25, 0.3) is 0 Å². The molecule has 0 atom stereocenters. The topological polar surface area (TPSA) is 87.7 Å². The fraction of sp³-hybridized carbons (Fsp3) is 0.909. The lowest BCUT2D eigenvalue weighted by atomic mass is 10.4. The Labute approximate surface area is 115 Å². The molecule has 0 spiro atoms. The van der Waals surface area contributed by atoms with Gasteiger partial charge in [0.15, 0.2) is 0 Å². The highest BCUT2D eigenvalue weighted by atomic mass is 32.2. The van der Waals surface area contributed by atoms with Crippen LogP contribution >= 0.6 is 0 Å². The van der Waals surface area contributed by atoms with Crippen molar-refractivity contribution < 1.29 is 17.9 Å². The zero-order chi connectivity index (χ0) is 14.7. The summed E-state index contributed by atoms with van der Waals surface area (Å²) in [6, 6.07) is 0. The molecule has 0 fully saturated rings. The first kappa shape index (κ1) is 18.3. The number of rotatable bonds is 11. The number of nitrogens with one attached hydrogen (secondary N) is 2. The van der Waals surface area contributed by atoms with Crippen LogP contribution in [0.15, 0.2) is 0 Å². The van der Waals surface area contributed by atoms with Crippen molar-refractivity contribution in [2.75, 3.05) is 52.7 Å². The first-order valence-electron chi connectivity index (χ1n) is 6.33. The Morgan fingerprint density at radius 1 is 1.32 bits per heavy atom. The van der Waals surface area contributed by atoms with Crippen LogP contribution in [0.2, 0.25) is 0 Å². The molecule has 0 saturated heterocycles. The van der Waals surface area contributed by atoms with Crippen molar-refractivity contribution >= 4 is 15.9 Å². The molecule has 0 aromatic rings. The number of carbonyl (C=O) groups is 1. The van der Waals surface area contributed by atoms with Crippen LogP contribution in [-0.4, -0.2) is 71.3 Å². The number of amides is 1. The number of sulfonamides is 1. The van der Waals surface area contributed by atoms with Gasteiger partial charge in [-0.3, -0.25) is 4.79 Å². The summed E-state index contributed by atoms with van der Waals surface area (Å²) in [5, 5.41) is 5.65. The fourth-order valence-corrected chi connectivity index (χ4v) is 2.43. The van der Waals surface area contributed by atoms with E-state index in [1.54, 1.807) is 14.0 Å². The molecule has 0 bridgehead atoms. The molecule has 0 rings (SSSR count). The molecule has 8 heteroatoms. The van der Waals surface area contributed by atoms with Crippen molar-refractivity contribution in [3.8, 4) is 0 Å². The van der Waals surface area contributed by atoms with E-state index >= 15 is 0 Å². The zero-order valence-electron chi connectivity index (χ0n) is 11.9. The molecule has 0 unspecified atom stereocenters. The van der Waals surface area contributed by atoms with Gasteiger partial charge in [-0.05, 0) is 13.0 Å². The number of hydrogen-bond acceptors (Lipinski definition) is 5. The predicted molar refractivity (Wildman–Crippen MR) is 74.5 cm³/mol. The van der Waals surface area contributed by atoms with Gasteiger partial charge in [-0.15, -0.1) is 0 Å².